The number of thiophene rings is 1. The first kappa shape index (κ1) is 12.9. The van der Waals surface area contributed by atoms with E-state index >= 15 is 0 Å². The molecule has 0 saturated heterocycles. The molecule has 1 atom stereocenters. The van der Waals surface area contributed by atoms with Crippen molar-refractivity contribution in [3.8, 4) is 0 Å². The van der Waals surface area contributed by atoms with Crippen LogP contribution in [-0.2, 0) is 0 Å². The van der Waals surface area contributed by atoms with E-state index in [1.54, 1.807) is 11.3 Å². The van der Waals surface area contributed by atoms with Crippen LogP contribution in [0.15, 0.2) is 34.1 Å². The van der Waals surface area contributed by atoms with Gasteiger partial charge >= 0.3 is 0 Å². The first-order valence-electron chi connectivity index (χ1n) is 4.41. The molecule has 0 spiro atoms. The first-order valence-corrected chi connectivity index (χ1v) is 7.76. The number of rotatable bonds is 2. The van der Waals surface area contributed by atoms with Crippen LogP contribution in [0.3, 0.4) is 0 Å². The van der Waals surface area contributed by atoms with E-state index in [0.29, 0.717) is 5.02 Å². The summed E-state index contributed by atoms with van der Waals surface area (Å²) in [6.07, 6.45) is 0. The zero-order valence-corrected chi connectivity index (χ0v) is 13.4. The van der Waals surface area contributed by atoms with Crippen molar-refractivity contribution < 1.29 is 0 Å². The summed E-state index contributed by atoms with van der Waals surface area (Å²) < 4.78 is 0.898. The topological polar surface area (TPSA) is 0 Å². The SMILES string of the molecule is Clc1cc(C(Br)c2sccc2Cl)ccc1Br. The van der Waals surface area contributed by atoms with E-state index in [1.807, 2.05) is 29.6 Å². The summed E-state index contributed by atoms with van der Waals surface area (Å²) in [6, 6.07) is 7.79. The van der Waals surface area contributed by atoms with Gasteiger partial charge in [-0.25, -0.2) is 0 Å². The summed E-state index contributed by atoms with van der Waals surface area (Å²) in [5.74, 6) is 0. The Hall–Kier alpha value is 0.460. The molecule has 1 unspecified atom stereocenters. The van der Waals surface area contributed by atoms with Crippen molar-refractivity contribution >= 4 is 66.4 Å². The average Bonchev–Trinajstić information content (AvgIpc) is 2.67. The molecule has 0 saturated carbocycles. The van der Waals surface area contributed by atoms with Gasteiger partial charge in [-0.05, 0) is 45.1 Å². The molecule has 0 amide bonds. The normalized spacial score (nSPS) is 12.8. The second kappa shape index (κ2) is 5.40. The molecule has 2 rings (SSSR count). The molecule has 1 heterocycles. The van der Waals surface area contributed by atoms with Gasteiger partial charge in [-0.15, -0.1) is 11.3 Å². The van der Waals surface area contributed by atoms with Crippen LogP contribution in [0.5, 0.6) is 0 Å². The molecule has 0 bridgehead atoms. The molecule has 2 aromatic rings. The van der Waals surface area contributed by atoms with Gasteiger partial charge in [0.05, 0.1) is 14.9 Å². The van der Waals surface area contributed by atoms with Gasteiger partial charge in [0.15, 0.2) is 0 Å². The fraction of sp³-hybridized carbons (Fsp3) is 0.0909. The van der Waals surface area contributed by atoms with E-state index in [4.69, 9.17) is 23.2 Å². The lowest BCUT2D eigenvalue weighted by Crippen LogP contribution is -1.90. The number of alkyl halides is 1. The monoisotopic (exact) mass is 398 g/mol. The maximum absolute atomic E-state index is 6.09. The van der Waals surface area contributed by atoms with Crippen LogP contribution in [0.1, 0.15) is 15.3 Å². The van der Waals surface area contributed by atoms with Crippen LogP contribution in [-0.4, -0.2) is 0 Å². The molecule has 1 aromatic heterocycles. The van der Waals surface area contributed by atoms with Gasteiger partial charge in [0.25, 0.3) is 0 Å². The maximum Gasteiger partial charge on any atom is 0.0753 e. The predicted octanol–water partition coefficient (Wildman–Crippen LogP) is 6.30. The smallest absolute Gasteiger partial charge is 0.0753 e. The molecule has 0 fully saturated rings. The summed E-state index contributed by atoms with van der Waals surface area (Å²) in [4.78, 5) is 1.19. The molecule has 0 aliphatic rings. The Bertz CT molecular complexity index is 510. The van der Waals surface area contributed by atoms with Crippen LogP contribution in [0.2, 0.25) is 10.0 Å². The van der Waals surface area contributed by atoms with Gasteiger partial charge < -0.3 is 0 Å². The van der Waals surface area contributed by atoms with Gasteiger partial charge in [-0.3, -0.25) is 0 Å². The molecule has 1 aromatic carbocycles. The van der Waals surface area contributed by atoms with Crippen molar-refractivity contribution in [1.29, 1.82) is 0 Å². The Balaban J connectivity index is 2.38. The second-order valence-electron chi connectivity index (χ2n) is 3.17. The van der Waals surface area contributed by atoms with Crippen molar-refractivity contribution in [2.24, 2.45) is 0 Å². The number of benzene rings is 1. The van der Waals surface area contributed by atoms with Crippen molar-refractivity contribution in [1.82, 2.24) is 0 Å². The third-order valence-electron chi connectivity index (χ3n) is 2.11. The molecule has 0 nitrogen and oxygen atoms in total. The van der Waals surface area contributed by atoms with Gasteiger partial charge in [-0.2, -0.15) is 0 Å². The molecule has 16 heavy (non-hydrogen) atoms. The zero-order chi connectivity index (χ0) is 11.7. The average molecular weight is 401 g/mol. The summed E-state index contributed by atoms with van der Waals surface area (Å²) in [6.45, 7) is 0. The third-order valence-corrected chi connectivity index (χ3v) is 6.06. The van der Waals surface area contributed by atoms with E-state index in [1.165, 1.54) is 0 Å². The van der Waals surface area contributed by atoms with E-state index in [-0.39, 0.29) is 4.83 Å². The standard InChI is InChI=1S/C11H6Br2Cl2S/c12-7-2-1-6(5-9(7)15)10(13)11-8(14)3-4-16-11/h1-5,10H. The van der Waals surface area contributed by atoms with Crippen molar-refractivity contribution in [2.45, 2.75) is 4.83 Å². The lowest BCUT2D eigenvalue weighted by Gasteiger charge is -2.10. The third kappa shape index (κ3) is 2.65. The van der Waals surface area contributed by atoms with E-state index in [9.17, 15) is 0 Å². The highest BCUT2D eigenvalue weighted by atomic mass is 79.9. The highest BCUT2D eigenvalue weighted by molar-refractivity contribution is 9.10. The van der Waals surface area contributed by atoms with Crippen molar-refractivity contribution in [3.63, 3.8) is 0 Å². The van der Waals surface area contributed by atoms with Crippen LogP contribution in [0.25, 0.3) is 0 Å². The Kier molecular flexibility index (Phi) is 4.36. The van der Waals surface area contributed by atoms with Crippen LogP contribution in [0.4, 0.5) is 0 Å². The molecule has 5 heteroatoms. The highest BCUT2D eigenvalue weighted by Gasteiger charge is 2.15. The van der Waals surface area contributed by atoms with Crippen molar-refractivity contribution in [2.75, 3.05) is 0 Å². The van der Waals surface area contributed by atoms with Gasteiger partial charge in [0.1, 0.15) is 0 Å². The van der Waals surface area contributed by atoms with E-state index in [0.717, 1.165) is 19.9 Å². The first-order chi connectivity index (χ1) is 7.59. The maximum atomic E-state index is 6.09. The van der Waals surface area contributed by atoms with Crippen LogP contribution < -0.4 is 0 Å². The Morgan fingerprint density at radius 2 is 1.88 bits per heavy atom. The lowest BCUT2D eigenvalue weighted by atomic mass is 10.1. The van der Waals surface area contributed by atoms with Crippen LogP contribution >= 0.6 is 66.4 Å². The van der Waals surface area contributed by atoms with Gasteiger partial charge in [0, 0.05) is 9.35 Å². The number of hydrogen-bond acceptors (Lipinski definition) is 1. The van der Waals surface area contributed by atoms with Gasteiger partial charge in [-0.1, -0.05) is 45.2 Å². The summed E-state index contributed by atoms with van der Waals surface area (Å²) in [5.41, 5.74) is 1.09. The fourth-order valence-corrected chi connectivity index (χ4v) is 3.90. The molecular weight excluding hydrogens is 395 g/mol. The van der Waals surface area contributed by atoms with E-state index in [2.05, 4.69) is 31.9 Å². The minimum atomic E-state index is 0.0885. The quantitative estimate of drug-likeness (QED) is 0.519. The predicted molar refractivity (Wildman–Crippen MR) is 79.3 cm³/mol. The fourth-order valence-electron chi connectivity index (χ4n) is 1.31. The molecule has 0 aliphatic carbocycles. The summed E-state index contributed by atoms with van der Waals surface area (Å²) in [5, 5.41) is 3.47. The van der Waals surface area contributed by atoms with Crippen LogP contribution in [0, 0.1) is 0 Å². The Morgan fingerprint density at radius 1 is 1.12 bits per heavy atom. The minimum Gasteiger partial charge on any atom is -0.146 e. The Morgan fingerprint density at radius 3 is 2.44 bits per heavy atom. The largest absolute Gasteiger partial charge is 0.146 e. The summed E-state index contributed by atoms with van der Waals surface area (Å²) in [7, 11) is 0. The molecule has 0 N–H and O–H groups in total. The highest BCUT2D eigenvalue weighted by Crippen LogP contribution is 2.40. The number of hydrogen-bond donors (Lipinski definition) is 0. The Labute approximate surface area is 125 Å². The minimum absolute atomic E-state index is 0.0885. The number of halogens is 4. The second-order valence-corrected chi connectivity index (χ2v) is 6.70. The van der Waals surface area contributed by atoms with E-state index < -0.39 is 0 Å². The molecule has 84 valence electrons. The molecular formula is C11H6Br2Cl2S. The van der Waals surface area contributed by atoms with Crippen molar-refractivity contribution in [3.05, 3.63) is 54.6 Å². The van der Waals surface area contributed by atoms with Gasteiger partial charge in [0.2, 0.25) is 0 Å². The summed E-state index contributed by atoms with van der Waals surface area (Å²) >= 11 is 20.8. The zero-order valence-electron chi connectivity index (χ0n) is 7.88. The molecule has 0 radical (unpaired) electrons. The molecule has 0 aliphatic heterocycles. The lowest BCUT2D eigenvalue weighted by molar-refractivity contribution is 1.22.